The molecule has 0 saturated heterocycles. The third-order valence-corrected chi connectivity index (χ3v) is 5.32. The van der Waals surface area contributed by atoms with Gasteiger partial charge < -0.3 is 5.11 Å². The van der Waals surface area contributed by atoms with Crippen LogP contribution >= 0.6 is 34.3 Å². The van der Waals surface area contributed by atoms with Crippen LogP contribution < -0.4 is 0 Å². The molecule has 3 heterocycles. The molecule has 0 spiro atoms. The number of aromatic nitrogens is 2. The van der Waals surface area contributed by atoms with Gasteiger partial charge in [0.05, 0.1) is 10.3 Å². The van der Waals surface area contributed by atoms with Crippen LogP contribution in [0.3, 0.4) is 0 Å². The van der Waals surface area contributed by atoms with Crippen LogP contribution in [0.1, 0.15) is 0 Å². The molecule has 1 aromatic carbocycles. The molecule has 1 N–H and O–H groups in total. The zero-order valence-corrected chi connectivity index (χ0v) is 13.5. The fourth-order valence-electron chi connectivity index (χ4n) is 2.27. The van der Waals surface area contributed by atoms with Crippen molar-refractivity contribution in [3.05, 3.63) is 52.3 Å². The molecule has 0 aliphatic heterocycles. The lowest BCUT2D eigenvalue weighted by Crippen LogP contribution is -1.88. The Bertz CT molecular complexity index is 946. The van der Waals surface area contributed by atoms with Crippen LogP contribution in [0.25, 0.3) is 32.0 Å². The third kappa shape index (κ3) is 2.27. The molecule has 0 bridgehead atoms. The monoisotopic (exact) mass is 344 g/mol. The summed E-state index contributed by atoms with van der Waals surface area (Å²) in [6.07, 6.45) is 0. The second kappa shape index (κ2) is 5.35. The predicted molar refractivity (Wildman–Crippen MR) is 92.8 cm³/mol. The van der Waals surface area contributed by atoms with Crippen molar-refractivity contribution in [1.29, 1.82) is 0 Å². The van der Waals surface area contributed by atoms with Crippen LogP contribution in [0.2, 0.25) is 5.15 Å². The Balaban J connectivity index is 1.91. The van der Waals surface area contributed by atoms with E-state index in [0.29, 0.717) is 11.0 Å². The Morgan fingerprint density at radius 1 is 1.00 bits per heavy atom. The van der Waals surface area contributed by atoms with Crippen LogP contribution in [0.5, 0.6) is 5.75 Å². The van der Waals surface area contributed by atoms with Gasteiger partial charge in [-0.15, -0.1) is 22.7 Å². The first-order valence-corrected chi connectivity index (χ1v) is 8.64. The molecule has 0 unspecified atom stereocenters. The van der Waals surface area contributed by atoms with E-state index >= 15 is 0 Å². The second-order valence-corrected chi connectivity index (χ2v) is 6.86. The van der Waals surface area contributed by atoms with Gasteiger partial charge >= 0.3 is 0 Å². The Labute approximate surface area is 139 Å². The maximum absolute atomic E-state index is 9.42. The summed E-state index contributed by atoms with van der Waals surface area (Å²) in [5.74, 6) is 0.900. The Kier molecular flexibility index (Phi) is 3.33. The van der Waals surface area contributed by atoms with Gasteiger partial charge in [-0.2, -0.15) is 0 Å². The minimum absolute atomic E-state index is 0.241. The van der Waals surface area contributed by atoms with E-state index in [9.17, 15) is 5.11 Å². The molecule has 0 aliphatic carbocycles. The Morgan fingerprint density at radius 3 is 2.55 bits per heavy atom. The maximum atomic E-state index is 9.42. The lowest BCUT2D eigenvalue weighted by atomic mass is 10.1. The highest BCUT2D eigenvalue weighted by Crippen LogP contribution is 2.38. The normalized spacial score (nSPS) is 11.1. The van der Waals surface area contributed by atoms with E-state index in [1.807, 2.05) is 35.0 Å². The summed E-state index contributed by atoms with van der Waals surface area (Å²) in [6, 6.07) is 11.0. The number of halogens is 1. The summed E-state index contributed by atoms with van der Waals surface area (Å²) in [5, 5.41) is 14.7. The summed E-state index contributed by atoms with van der Waals surface area (Å²) in [7, 11) is 0. The molecule has 0 radical (unpaired) electrons. The fourth-order valence-corrected chi connectivity index (χ4v) is 4.20. The summed E-state index contributed by atoms with van der Waals surface area (Å²) >= 11 is 9.55. The average molecular weight is 345 g/mol. The van der Waals surface area contributed by atoms with Crippen molar-refractivity contribution in [2.45, 2.75) is 0 Å². The summed E-state index contributed by atoms with van der Waals surface area (Å²) in [4.78, 5) is 10.9. The van der Waals surface area contributed by atoms with Crippen molar-refractivity contribution >= 4 is 44.5 Å². The number of nitrogens with zero attached hydrogens (tertiary/aromatic N) is 2. The second-order valence-electron chi connectivity index (χ2n) is 4.69. The molecule has 108 valence electrons. The van der Waals surface area contributed by atoms with E-state index in [0.717, 1.165) is 26.2 Å². The number of aromatic hydroxyl groups is 1. The summed E-state index contributed by atoms with van der Waals surface area (Å²) < 4.78 is 0. The molecule has 0 aliphatic rings. The van der Waals surface area contributed by atoms with Crippen molar-refractivity contribution in [2.75, 3.05) is 0 Å². The van der Waals surface area contributed by atoms with Crippen LogP contribution in [-0.2, 0) is 0 Å². The highest BCUT2D eigenvalue weighted by atomic mass is 35.5. The molecule has 3 nitrogen and oxygen atoms in total. The highest BCUT2D eigenvalue weighted by molar-refractivity contribution is 7.17. The molecule has 4 rings (SSSR count). The van der Waals surface area contributed by atoms with Crippen molar-refractivity contribution in [2.24, 2.45) is 0 Å². The van der Waals surface area contributed by atoms with Gasteiger partial charge in [0.1, 0.15) is 15.7 Å². The van der Waals surface area contributed by atoms with Gasteiger partial charge in [0.15, 0.2) is 5.82 Å². The van der Waals surface area contributed by atoms with Crippen molar-refractivity contribution in [1.82, 2.24) is 9.97 Å². The lowest BCUT2D eigenvalue weighted by Gasteiger charge is -2.03. The highest BCUT2D eigenvalue weighted by Gasteiger charge is 2.15. The minimum atomic E-state index is 0.241. The van der Waals surface area contributed by atoms with Gasteiger partial charge in [-0.05, 0) is 29.1 Å². The van der Waals surface area contributed by atoms with E-state index in [2.05, 4.69) is 9.97 Å². The summed E-state index contributed by atoms with van der Waals surface area (Å²) in [6.45, 7) is 0. The first-order chi connectivity index (χ1) is 10.7. The van der Waals surface area contributed by atoms with E-state index in [4.69, 9.17) is 11.6 Å². The number of thiophene rings is 2. The zero-order valence-electron chi connectivity index (χ0n) is 11.2. The van der Waals surface area contributed by atoms with Crippen LogP contribution in [0.15, 0.2) is 47.2 Å². The predicted octanol–water partition coefficient (Wildman–Crippen LogP) is 5.45. The van der Waals surface area contributed by atoms with Gasteiger partial charge in [0, 0.05) is 10.9 Å². The fraction of sp³-hybridized carbons (Fsp3) is 0. The number of phenols is 1. The third-order valence-electron chi connectivity index (χ3n) is 3.31. The SMILES string of the molecule is Oc1ccc(-c2csc3nc(-c4cccs4)nc(Cl)c23)cc1. The molecule has 0 atom stereocenters. The average Bonchev–Trinajstić information content (AvgIpc) is 3.17. The number of hydrogen-bond donors (Lipinski definition) is 1. The topological polar surface area (TPSA) is 46.0 Å². The van der Waals surface area contributed by atoms with E-state index in [1.165, 1.54) is 0 Å². The molecular formula is C16H9ClN2OS2. The van der Waals surface area contributed by atoms with Crippen LogP contribution in [0.4, 0.5) is 0 Å². The van der Waals surface area contributed by atoms with Gasteiger partial charge in [0.25, 0.3) is 0 Å². The lowest BCUT2D eigenvalue weighted by molar-refractivity contribution is 0.475. The van der Waals surface area contributed by atoms with Gasteiger partial charge in [-0.1, -0.05) is 29.8 Å². The molecule has 0 saturated carbocycles. The van der Waals surface area contributed by atoms with E-state index < -0.39 is 0 Å². The van der Waals surface area contributed by atoms with Gasteiger partial charge in [-0.3, -0.25) is 0 Å². The maximum Gasteiger partial charge on any atom is 0.172 e. The van der Waals surface area contributed by atoms with Crippen molar-refractivity contribution in [3.8, 4) is 27.6 Å². The molecule has 0 fully saturated rings. The Morgan fingerprint density at radius 2 is 1.82 bits per heavy atom. The Hall–Kier alpha value is -1.95. The zero-order chi connectivity index (χ0) is 15.1. The number of phenolic OH excluding ortho intramolecular Hbond substituents is 1. The molecule has 6 heteroatoms. The van der Waals surface area contributed by atoms with Gasteiger partial charge in [-0.25, -0.2) is 9.97 Å². The van der Waals surface area contributed by atoms with Crippen LogP contribution in [-0.4, -0.2) is 15.1 Å². The molecule has 4 aromatic rings. The van der Waals surface area contributed by atoms with Crippen LogP contribution in [0, 0.1) is 0 Å². The standard InChI is InChI=1S/C16H9ClN2OS2/c17-14-13-11(9-3-5-10(20)6-4-9)8-22-16(13)19-15(18-14)12-2-1-7-21-12/h1-8,20H. The number of fused-ring (bicyclic) bond motifs is 1. The minimum Gasteiger partial charge on any atom is -0.508 e. The molecular weight excluding hydrogens is 336 g/mol. The number of rotatable bonds is 2. The number of benzene rings is 1. The summed E-state index contributed by atoms with van der Waals surface area (Å²) in [5.41, 5.74) is 1.97. The first-order valence-electron chi connectivity index (χ1n) is 6.50. The smallest absolute Gasteiger partial charge is 0.172 e. The van der Waals surface area contributed by atoms with E-state index in [1.54, 1.807) is 34.8 Å². The van der Waals surface area contributed by atoms with Crippen molar-refractivity contribution in [3.63, 3.8) is 0 Å². The van der Waals surface area contributed by atoms with Gasteiger partial charge in [0.2, 0.25) is 0 Å². The first kappa shape index (κ1) is 13.7. The van der Waals surface area contributed by atoms with Crippen molar-refractivity contribution < 1.29 is 5.11 Å². The molecule has 22 heavy (non-hydrogen) atoms. The quantitative estimate of drug-likeness (QED) is 0.492. The molecule has 0 amide bonds. The molecule has 3 aromatic heterocycles. The van der Waals surface area contributed by atoms with E-state index in [-0.39, 0.29) is 5.75 Å². The largest absolute Gasteiger partial charge is 0.508 e. The number of hydrogen-bond acceptors (Lipinski definition) is 5.